The highest BCUT2D eigenvalue weighted by Gasteiger charge is 2.60. The molecule has 4 aliphatic carbocycles. The quantitative estimate of drug-likeness (QED) is 0.129. The standard InChI is InChI=1S/C51H67NO4/c1-7-43(37-14-10-8-11-15-37)49(38-16-12-9-13-17-38)39-19-22-41(23-20-39)55-33-32-52(6)48(54)27-18-35(2)45-25-26-46-44-24-21-40-34-42(56-36(3)53)28-30-50(40,4)47(44)29-31-51(45,46)5/h8-17,19-20,22-23,35,40,42,44-47H,7,18,21,24-34H2,1-6H3/b49-43-/t35-,40-,42-,44+,45-,46+,47+,50+,51-/m1/s1. The minimum Gasteiger partial charge on any atom is -0.492 e. The van der Waals surface area contributed by atoms with Crippen molar-refractivity contribution in [1.82, 2.24) is 4.90 Å². The van der Waals surface area contributed by atoms with Crippen LogP contribution in [0.4, 0.5) is 0 Å². The first-order valence-electron chi connectivity index (χ1n) is 22.0. The number of hydrogen-bond donors (Lipinski definition) is 0. The van der Waals surface area contributed by atoms with Crippen molar-refractivity contribution in [3.8, 4) is 5.75 Å². The number of hydrogen-bond acceptors (Lipinski definition) is 4. The van der Waals surface area contributed by atoms with Crippen molar-refractivity contribution < 1.29 is 19.1 Å². The van der Waals surface area contributed by atoms with Gasteiger partial charge < -0.3 is 14.4 Å². The van der Waals surface area contributed by atoms with E-state index < -0.39 is 0 Å². The van der Waals surface area contributed by atoms with Crippen molar-refractivity contribution in [2.45, 2.75) is 118 Å². The molecule has 0 heterocycles. The fourth-order valence-electron chi connectivity index (χ4n) is 12.7. The highest BCUT2D eigenvalue weighted by Crippen LogP contribution is 2.68. The molecule has 7 rings (SSSR count). The molecule has 3 aromatic carbocycles. The van der Waals surface area contributed by atoms with Crippen molar-refractivity contribution in [3.05, 3.63) is 102 Å². The summed E-state index contributed by atoms with van der Waals surface area (Å²) < 4.78 is 11.9. The summed E-state index contributed by atoms with van der Waals surface area (Å²) in [5.41, 5.74) is 6.96. The molecule has 56 heavy (non-hydrogen) atoms. The van der Waals surface area contributed by atoms with Gasteiger partial charge >= 0.3 is 5.97 Å². The molecule has 4 fully saturated rings. The number of amides is 1. The zero-order valence-corrected chi connectivity index (χ0v) is 35.1. The zero-order chi connectivity index (χ0) is 39.5. The van der Waals surface area contributed by atoms with E-state index in [1.54, 1.807) is 6.92 Å². The Kier molecular flexibility index (Phi) is 12.5. The first-order chi connectivity index (χ1) is 27.0. The third kappa shape index (κ3) is 8.25. The van der Waals surface area contributed by atoms with Gasteiger partial charge in [0, 0.05) is 20.4 Å². The second kappa shape index (κ2) is 17.3. The lowest BCUT2D eigenvalue weighted by molar-refractivity contribution is -0.160. The normalized spacial score (nSPS) is 30.5. The maximum absolute atomic E-state index is 13.4. The molecule has 5 heteroatoms. The van der Waals surface area contributed by atoms with Crippen molar-refractivity contribution in [2.75, 3.05) is 20.2 Å². The van der Waals surface area contributed by atoms with Gasteiger partial charge in [-0.1, -0.05) is 100 Å². The molecule has 0 saturated heterocycles. The summed E-state index contributed by atoms with van der Waals surface area (Å²) >= 11 is 0. The molecule has 0 unspecified atom stereocenters. The second-order valence-electron chi connectivity index (χ2n) is 18.5. The van der Waals surface area contributed by atoms with Gasteiger partial charge in [0.25, 0.3) is 0 Å². The van der Waals surface area contributed by atoms with Crippen LogP contribution in [0.2, 0.25) is 0 Å². The number of fused-ring (bicyclic) bond motifs is 5. The summed E-state index contributed by atoms with van der Waals surface area (Å²) in [7, 11) is 1.93. The van der Waals surface area contributed by atoms with Crippen LogP contribution in [0.15, 0.2) is 84.9 Å². The lowest BCUT2D eigenvalue weighted by Gasteiger charge is -2.61. The van der Waals surface area contributed by atoms with Gasteiger partial charge in [0.05, 0.1) is 6.54 Å². The Bertz CT molecular complexity index is 1820. The molecule has 0 aliphatic heterocycles. The Balaban J connectivity index is 0.900. The van der Waals surface area contributed by atoms with E-state index in [1.807, 2.05) is 11.9 Å². The largest absolute Gasteiger partial charge is 0.492 e. The van der Waals surface area contributed by atoms with Crippen LogP contribution >= 0.6 is 0 Å². The summed E-state index contributed by atoms with van der Waals surface area (Å²) in [4.78, 5) is 27.0. The Labute approximate surface area is 337 Å². The minimum absolute atomic E-state index is 0.121. The molecule has 4 saturated carbocycles. The Morgan fingerprint density at radius 1 is 0.786 bits per heavy atom. The monoisotopic (exact) mass is 758 g/mol. The molecule has 9 atom stereocenters. The number of nitrogens with zero attached hydrogens (tertiary/aromatic N) is 1. The predicted molar refractivity (Wildman–Crippen MR) is 228 cm³/mol. The zero-order valence-electron chi connectivity index (χ0n) is 35.1. The number of esters is 1. The van der Waals surface area contributed by atoms with Crippen LogP contribution in [-0.4, -0.2) is 43.1 Å². The highest BCUT2D eigenvalue weighted by molar-refractivity contribution is 5.98. The van der Waals surface area contributed by atoms with Crippen LogP contribution < -0.4 is 4.74 Å². The van der Waals surface area contributed by atoms with Crippen molar-refractivity contribution in [2.24, 2.45) is 46.3 Å². The summed E-state index contributed by atoms with van der Waals surface area (Å²) in [5, 5.41) is 0. The van der Waals surface area contributed by atoms with Gasteiger partial charge in [-0.05, 0) is 157 Å². The average Bonchev–Trinajstić information content (AvgIpc) is 3.57. The first kappa shape index (κ1) is 40.3. The van der Waals surface area contributed by atoms with E-state index in [2.05, 4.69) is 113 Å². The summed E-state index contributed by atoms with van der Waals surface area (Å²) in [6, 6.07) is 29.8. The fraction of sp³-hybridized carbons (Fsp3) is 0.569. The maximum atomic E-state index is 13.4. The molecule has 5 nitrogen and oxygen atoms in total. The minimum atomic E-state index is -0.122. The van der Waals surface area contributed by atoms with Crippen LogP contribution in [0, 0.1) is 46.3 Å². The van der Waals surface area contributed by atoms with Gasteiger partial charge in [0.15, 0.2) is 0 Å². The number of rotatable bonds is 13. The average molecular weight is 758 g/mol. The van der Waals surface area contributed by atoms with Gasteiger partial charge in [-0.25, -0.2) is 0 Å². The van der Waals surface area contributed by atoms with E-state index in [4.69, 9.17) is 9.47 Å². The van der Waals surface area contributed by atoms with Crippen LogP contribution in [0.3, 0.4) is 0 Å². The maximum Gasteiger partial charge on any atom is 0.302 e. The number of allylic oxidation sites excluding steroid dienone is 1. The van der Waals surface area contributed by atoms with Crippen molar-refractivity contribution >= 4 is 23.0 Å². The molecular formula is C51H67NO4. The summed E-state index contributed by atoms with van der Waals surface area (Å²) in [6.07, 6.45) is 13.9. The molecule has 0 spiro atoms. The third-order valence-electron chi connectivity index (χ3n) is 15.6. The number of benzene rings is 3. The first-order valence-corrected chi connectivity index (χ1v) is 22.0. The van der Waals surface area contributed by atoms with Gasteiger partial charge in [0.2, 0.25) is 5.91 Å². The summed E-state index contributed by atoms with van der Waals surface area (Å²) in [6.45, 7) is 12.5. The van der Waals surface area contributed by atoms with E-state index in [0.29, 0.717) is 48.2 Å². The molecule has 4 aliphatic rings. The number of ether oxygens (including phenoxy) is 2. The van der Waals surface area contributed by atoms with E-state index in [1.165, 1.54) is 72.8 Å². The van der Waals surface area contributed by atoms with Gasteiger partial charge in [-0.15, -0.1) is 0 Å². The lowest BCUT2D eigenvalue weighted by Crippen LogP contribution is -2.54. The van der Waals surface area contributed by atoms with Gasteiger partial charge in [-0.3, -0.25) is 9.59 Å². The molecule has 0 bridgehead atoms. The van der Waals surface area contributed by atoms with Crippen molar-refractivity contribution in [3.63, 3.8) is 0 Å². The molecule has 300 valence electrons. The van der Waals surface area contributed by atoms with Crippen molar-refractivity contribution in [1.29, 1.82) is 0 Å². The molecule has 3 aromatic rings. The van der Waals surface area contributed by atoms with Crippen LogP contribution in [0.5, 0.6) is 5.75 Å². The predicted octanol–water partition coefficient (Wildman–Crippen LogP) is 11.9. The Morgan fingerprint density at radius 2 is 1.43 bits per heavy atom. The third-order valence-corrected chi connectivity index (χ3v) is 15.6. The molecule has 0 N–H and O–H groups in total. The van der Waals surface area contributed by atoms with E-state index in [-0.39, 0.29) is 18.0 Å². The Morgan fingerprint density at radius 3 is 2.11 bits per heavy atom. The van der Waals surface area contributed by atoms with Gasteiger partial charge in [-0.2, -0.15) is 0 Å². The Hall–Kier alpha value is -3.86. The summed E-state index contributed by atoms with van der Waals surface area (Å²) in [5.74, 6) is 5.29. The lowest BCUT2D eigenvalue weighted by atomic mass is 9.44. The highest BCUT2D eigenvalue weighted by atomic mass is 16.5. The SMILES string of the molecule is CC/C(=C(\c1ccccc1)c1ccc(OCCN(C)C(=O)CC[C@@H](C)[C@H]2CC[C@H]3[C@@H]4CC[C@@H]5C[C@H](OC(C)=O)CC[C@]5(C)[C@H]4CC[C@]23C)cc1)c1ccccc1. The van der Waals surface area contributed by atoms with Crippen LogP contribution in [-0.2, 0) is 14.3 Å². The topological polar surface area (TPSA) is 55.8 Å². The number of carbonyl (C=O) groups is 2. The van der Waals surface area contributed by atoms with E-state index >= 15 is 0 Å². The number of likely N-dealkylation sites (N-methyl/N-ethyl adjacent to an activating group) is 1. The molecule has 0 aromatic heterocycles. The van der Waals surface area contributed by atoms with Crippen LogP contribution in [0.1, 0.15) is 128 Å². The van der Waals surface area contributed by atoms with E-state index in [0.717, 1.165) is 49.2 Å². The van der Waals surface area contributed by atoms with Gasteiger partial charge in [0.1, 0.15) is 18.5 Å². The molecular weight excluding hydrogens is 691 g/mol. The fourth-order valence-corrected chi connectivity index (χ4v) is 12.7. The smallest absolute Gasteiger partial charge is 0.302 e. The van der Waals surface area contributed by atoms with Crippen LogP contribution in [0.25, 0.3) is 11.1 Å². The van der Waals surface area contributed by atoms with E-state index in [9.17, 15) is 9.59 Å². The second-order valence-corrected chi connectivity index (χ2v) is 18.5. The molecule has 1 amide bonds. The number of carbonyl (C=O) groups excluding carboxylic acids is 2. The molecule has 0 radical (unpaired) electrons.